The average Bonchev–Trinajstić information content (AvgIpc) is 2.64. The molecule has 1 N–H and O–H groups in total. The number of piperazine rings is 1. The maximum atomic E-state index is 12.6. The molecule has 6 nitrogen and oxygen atoms in total. The molecule has 0 atom stereocenters. The molecular formula is C19H22N4O2. The number of benzene rings is 1. The maximum Gasteiger partial charge on any atom is 0.257 e. The molecule has 130 valence electrons. The van der Waals surface area contributed by atoms with E-state index in [1.165, 1.54) is 0 Å². The predicted octanol–water partition coefficient (Wildman–Crippen LogP) is 2.23. The number of nitrogens with zero attached hydrogens (tertiary/aromatic N) is 3. The SMILES string of the molecule is Cc1ccc(NC(=O)c2cncc(N3CCN(C=O)CC3)c2)c(C)c1. The second-order valence-electron chi connectivity index (χ2n) is 6.33. The maximum absolute atomic E-state index is 12.6. The minimum absolute atomic E-state index is 0.173. The number of pyridine rings is 1. The highest BCUT2D eigenvalue weighted by Gasteiger charge is 2.17. The Morgan fingerprint density at radius 2 is 1.88 bits per heavy atom. The van der Waals surface area contributed by atoms with Gasteiger partial charge in [0.25, 0.3) is 5.91 Å². The van der Waals surface area contributed by atoms with Crippen LogP contribution in [0.2, 0.25) is 0 Å². The van der Waals surface area contributed by atoms with Crippen LogP contribution in [0.25, 0.3) is 0 Å². The van der Waals surface area contributed by atoms with Gasteiger partial charge in [-0.25, -0.2) is 0 Å². The normalized spacial score (nSPS) is 14.3. The number of anilines is 2. The minimum atomic E-state index is -0.173. The van der Waals surface area contributed by atoms with E-state index in [0.29, 0.717) is 18.7 Å². The van der Waals surface area contributed by atoms with Crippen LogP contribution < -0.4 is 10.2 Å². The fraction of sp³-hybridized carbons (Fsp3) is 0.316. The van der Waals surface area contributed by atoms with E-state index in [4.69, 9.17) is 0 Å². The van der Waals surface area contributed by atoms with Gasteiger partial charge in [-0.2, -0.15) is 0 Å². The lowest BCUT2D eigenvalue weighted by Gasteiger charge is -2.34. The zero-order chi connectivity index (χ0) is 17.8. The molecule has 25 heavy (non-hydrogen) atoms. The summed E-state index contributed by atoms with van der Waals surface area (Å²) in [6.45, 7) is 6.84. The second-order valence-corrected chi connectivity index (χ2v) is 6.33. The van der Waals surface area contributed by atoms with Crippen molar-refractivity contribution in [1.29, 1.82) is 0 Å². The molecule has 2 aromatic rings. The van der Waals surface area contributed by atoms with Crippen molar-refractivity contribution < 1.29 is 9.59 Å². The van der Waals surface area contributed by atoms with Crippen molar-refractivity contribution in [2.75, 3.05) is 36.4 Å². The summed E-state index contributed by atoms with van der Waals surface area (Å²) in [5.41, 5.74) is 4.42. The molecule has 1 aliphatic rings. The van der Waals surface area contributed by atoms with Gasteiger partial charge in [0.2, 0.25) is 6.41 Å². The molecule has 0 spiro atoms. The molecule has 3 rings (SSSR count). The summed E-state index contributed by atoms with van der Waals surface area (Å²) in [7, 11) is 0. The third kappa shape index (κ3) is 3.96. The highest BCUT2D eigenvalue weighted by molar-refractivity contribution is 6.05. The Balaban J connectivity index is 1.72. The minimum Gasteiger partial charge on any atom is -0.367 e. The quantitative estimate of drug-likeness (QED) is 0.868. The fourth-order valence-electron chi connectivity index (χ4n) is 2.96. The number of carbonyl (C=O) groups is 2. The summed E-state index contributed by atoms with van der Waals surface area (Å²) < 4.78 is 0. The molecule has 6 heteroatoms. The molecule has 0 radical (unpaired) electrons. The van der Waals surface area contributed by atoms with Crippen LogP contribution in [0.4, 0.5) is 11.4 Å². The molecule has 0 bridgehead atoms. The standard InChI is InChI=1S/C19H22N4O2/c1-14-3-4-18(15(2)9-14)21-19(25)16-10-17(12-20-11-16)23-7-5-22(13-24)6-8-23/h3-4,9-13H,5-8H2,1-2H3,(H,21,25). The monoisotopic (exact) mass is 338 g/mol. The number of nitrogens with one attached hydrogen (secondary N) is 1. The van der Waals surface area contributed by atoms with Gasteiger partial charge in [-0.15, -0.1) is 0 Å². The zero-order valence-electron chi connectivity index (χ0n) is 14.5. The summed E-state index contributed by atoms with van der Waals surface area (Å²) in [6.07, 6.45) is 4.21. The number of rotatable bonds is 4. The molecule has 2 heterocycles. The van der Waals surface area contributed by atoms with Crippen molar-refractivity contribution in [3.05, 3.63) is 53.3 Å². The number of aromatic nitrogens is 1. The Hall–Kier alpha value is -2.89. The Morgan fingerprint density at radius 1 is 1.12 bits per heavy atom. The first kappa shape index (κ1) is 17.0. The van der Waals surface area contributed by atoms with Crippen molar-refractivity contribution in [2.24, 2.45) is 0 Å². The average molecular weight is 338 g/mol. The van der Waals surface area contributed by atoms with Gasteiger partial charge in [0.1, 0.15) is 0 Å². The molecule has 1 aromatic heterocycles. The van der Waals surface area contributed by atoms with Crippen LogP contribution in [-0.4, -0.2) is 48.4 Å². The first-order chi connectivity index (χ1) is 12.1. The van der Waals surface area contributed by atoms with Gasteiger partial charge < -0.3 is 15.1 Å². The topological polar surface area (TPSA) is 65.5 Å². The number of aryl methyl sites for hydroxylation is 2. The molecule has 1 aromatic carbocycles. The number of hydrogen-bond acceptors (Lipinski definition) is 4. The largest absolute Gasteiger partial charge is 0.367 e. The third-order valence-electron chi connectivity index (χ3n) is 4.44. The van der Waals surface area contributed by atoms with Crippen LogP contribution in [0.15, 0.2) is 36.7 Å². The van der Waals surface area contributed by atoms with Crippen molar-refractivity contribution >= 4 is 23.7 Å². The molecule has 2 amide bonds. The predicted molar refractivity (Wildman–Crippen MR) is 98.0 cm³/mol. The van der Waals surface area contributed by atoms with E-state index >= 15 is 0 Å². The van der Waals surface area contributed by atoms with E-state index in [1.807, 2.05) is 38.1 Å². The lowest BCUT2D eigenvalue weighted by Crippen LogP contribution is -2.45. The van der Waals surface area contributed by atoms with Crippen LogP contribution in [-0.2, 0) is 4.79 Å². The molecule has 1 saturated heterocycles. The highest BCUT2D eigenvalue weighted by Crippen LogP contribution is 2.20. The number of hydrogen-bond donors (Lipinski definition) is 1. The summed E-state index contributed by atoms with van der Waals surface area (Å²) >= 11 is 0. The van der Waals surface area contributed by atoms with E-state index < -0.39 is 0 Å². The van der Waals surface area contributed by atoms with E-state index in [2.05, 4.69) is 15.2 Å². The van der Waals surface area contributed by atoms with E-state index in [1.54, 1.807) is 17.3 Å². The smallest absolute Gasteiger partial charge is 0.257 e. The number of amides is 2. The Kier molecular flexibility index (Phi) is 4.97. The van der Waals surface area contributed by atoms with E-state index in [0.717, 1.165) is 42.0 Å². The van der Waals surface area contributed by atoms with Gasteiger partial charge in [0.15, 0.2) is 0 Å². The van der Waals surface area contributed by atoms with Crippen molar-refractivity contribution in [2.45, 2.75) is 13.8 Å². The van der Waals surface area contributed by atoms with Crippen LogP contribution >= 0.6 is 0 Å². The van der Waals surface area contributed by atoms with Crippen LogP contribution in [0.3, 0.4) is 0 Å². The highest BCUT2D eigenvalue weighted by atomic mass is 16.1. The van der Waals surface area contributed by atoms with E-state index in [9.17, 15) is 9.59 Å². The summed E-state index contributed by atoms with van der Waals surface area (Å²) in [6, 6.07) is 7.78. The summed E-state index contributed by atoms with van der Waals surface area (Å²) in [5.74, 6) is -0.173. The van der Waals surface area contributed by atoms with Crippen molar-refractivity contribution in [1.82, 2.24) is 9.88 Å². The second kappa shape index (κ2) is 7.34. The first-order valence-corrected chi connectivity index (χ1v) is 8.35. The van der Waals surface area contributed by atoms with Crippen molar-refractivity contribution in [3.63, 3.8) is 0 Å². The van der Waals surface area contributed by atoms with Gasteiger partial charge in [0, 0.05) is 38.1 Å². The molecular weight excluding hydrogens is 316 g/mol. The molecule has 1 fully saturated rings. The lowest BCUT2D eigenvalue weighted by molar-refractivity contribution is -0.118. The number of carbonyl (C=O) groups excluding carboxylic acids is 2. The molecule has 1 aliphatic heterocycles. The zero-order valence-corrected chi connectivity index (χ0v) is 14.5. The molecule has 0 saturated carbocycles. The molecule has 0 aliphatic carbocycles. The van der Waals surface area contributed by atoms with E-state index in [-0.39, 0.29) is 5.91 Å². The Labute approximate surface area is 147 Å². The first-order valence-electron chi connectivity index (χ1n) is 8.35. The van der Waals surface area contributed by atoms with Gasteiger partial charge >= 0.3 is 0 Å². The molecule has 0 unspecified atom stereocenters. The fourth-order valence-corrected chi connectivity index (χ4v) is 2.96. The van der Waals surface area contributed by atoms with Crippen LogP contribution in [0.1, 0.15) is 21.5 Å². The Bertz CT molecular complexity index is 783. The van der Waals surface area contributed by atoms with Crippen LogP contribution in [0.5, 0.6) is 0 Å². The third-order valence-corrected chi connectivity index (χ3v) is 4.44. The van der Waals surface area contributed by atoms with Gasteiger partial charge in [-0.1, -0.05) is 17.7 Å². The van der Waals surface area contributed by atoms with Gasteiger partial charge in [0.05, 0.1) is 17.4 Å². The van der Waals surface area contributed by atoms with Crippen LogP contribution in [0, 0.1) is 13.8 Å². The van der Waals surface area contributed by atoms with Crippen molar-refractivity contribution in [3.8, 4) is 0 Å². The van der Waals surface area contributed by atoms with Gasteiger partial charge in [-0.3, -0.25) is 14.6 Å². The van der Waals surface area contributed by atoms with Gasteiger partial charge in [-0.05, 0) is 31.5 Å². The lowest BCUT2D eigenvalue weighted by atomic mass is 10.1. The summed E-state index contributed by atoms with van der Waals surface area (Å²) in [5, 5.41) is 2.95. The summed E-state index contributed by atoms with van der Waals surface area (Å²) in [4.78, 5) is 31.5. The Morgan fingerprint density at radius 3 is 2.56 bits per heavy atom.